The molecule has 0 atom stereocenters. The summed E-state index contributed by atoms with van der Waals surface area (Å²) in [4.78, 5) is 32.9. The number of Topliss-reactive ketones (excluding diaryl/α,β-unsaturated/α-hetero) is 1. The molecule has 3 aliphatic rings. The Balaban J connectivity index is 1.14. The molecule has 2 aromatic rings. The molecular weight excluding hydrogens is 499 g/mol. The van der Waals surface area contributed by atoms with Crippen LogP contribution >= 0.6 is 0 Å². The average molecular weight is 537 g/mol. The molecule has 4 N–H and O–H groups in total. The van der Waals surface area contributed by atoms with Gasteiger partial charge in [-0.15, -0.1) is 0 Å². The SMILES string of the molecule is CC1=CN(c2cccc(C(N)=O)c2C2CCC(CCN3CCC(O)(C(=O)c4ccc(F)cc4)CC3)CC2)NO1. The third kappa shape index (κ3) is 6.00. The highest BCUT2D eigenvalue weighted by Gasteiger charge is 2.39. The number of aliphatic hydroxyl groups is 1. The number of piperidine rings is 1. The maximum Gasteiger partial charge on any atom is 0.249 e. The predicted molar refractivity (Wildman–Crippen MR) is 146 cm³/mol. The highest BCUT2D eigenvalue weighted by atomic mass is 19.1. The Kier molecular flexibility index (Phi) is 8.02. The molecular formula is C30H37FN4O4. The number of halogens is 1. The number of carbonyl (C=O) groups is 2. The minimum Gasteiger partial charge on any atom is -0.392 e. The molecule has 0 radical (unpaired) electrons. The summed E-state index contributed by atoms with van der Waals surface area (Å²) >= 11 is 0. The maximum absolute atomic E-state index is 13.2. The Morgan fingerprint density at radius 1 is 1.10 bits per heavy atom. The third-order valence-electron chi connectivity index (χ3n) is 8.54. The van der Waals surface area contributed by atoms with E-state index in [9.17, 15) is 19.1 Å². The number of ketones is 1. The van der Waals surface area contributed by atoms with Crippen LogP contribution in [0.3, 0.4) is 0 Å². The number of carbonyl (C=O) groups excluding carboxylic acids is 2. The Labute approximate surface area is 228 Å². The van der Waals surface area contributed by atoms with Gasteiger partial charge < -0.3 is 20.6 Å². The maximum atomic E-state index is 13.2. The van der Waals surface area contributed by atoms with E-state index in [1.54, 1.807) is 6.07 Å². The second-order valence-corrected chi connectivity index (χ2v) is 11.1. The van der Waals surface area contributed by atoms with Gasteiger partial charge >= 0.3 is 0 Å². The lowest BCUT2D eigenvalue weighted by molar-refractivity contribution is -0.00737. The average Bonchev–Trinajstić information content (AvgIpc) is 3.38. The highest BCUT2D eigenvalue weighted by molar-refractivity contribution is 6.02. The number of hydrogen-bond acceptors (Lipinski definition) is 7. The van der Waals surface area contributed by atoms with Gasteiger partial charge in [0.25, 0.3) is 0 Å². The van der Waals surface area contributed by atoms with Crippen molar-refractivity contribution in [3.8, 4) is 0 Å². The largest absolute Gasteiger partial charge is 0.392 e. The zero-order chi connectivity index (χ0) is 27.6. The molecule has 1 saturated carbocycles. The summed E-state index contributed by atoms with van der Waals surface area (Å²) in [5, 5.41) is 12.8. The number of likely N-dealkylation sites (tertiary alicyclic amines) is 1. The Morgan fingerprint density at radius 2 is 1.79 bits per heavy atom. The van der Waals surface area contributed by atoms with Crippen LogP contribution in [0.4, 0.5) is 10.1 Å². The zero-order valence-corrected chi connectivity index (χ0v) is 22.4. The van der Waals surface area contributed by atoms with Crippen LogP contribution in [0.2, 0.25) is 0 Å². The molecule has 1 amide bonds. The number of allylic oxidation sites excluding steroid dienone is 1. The first-order valence-electron chi connectivity index (χ1n) is 13.8. The molecule has 2 aromatic carbocycles. The van der Waals surface area contributed by atoms with Gasteiger partial charge in [-0.1, -0.05) is 11.7 Å². The van der Waals surface area contributed by atoms with Gasteiger partial charge in [0.15, 0.2) is 5.78 Å². The zero-order valence-electron chi connectivity index (χ0n) is 22.4. The fourth-order valence-electron chi connectivity index (χ4n) is 6.23. The molecule has 2 heterocycles. The Morgan fingerprint density at radius 3 is 2.41 bits per heavy atom. The molecule has 1 aliphatic carbocycles. The Bertz CT molecular complexity index is 1230. The van der Waals surface area contributed by atoms with Crippen molar-refractivity contribution in [3.05, 3.63) is 76.9 Å². The van der Waals surface area contributed by atoms with Crippen LogP contribution < -0.4 is 16.3 Å². The van der Waals surface area contributed by atoms with Crippen molar-refractivity contribution in [1.82, 2.24) is 10.5 Å². The van der Waals surface area contributed by atoms with E-state index in [4.69, 9.17) is 10.6 Å². The van der Waals surface area contributed by atoms with E-state index in [2.05, 4.69) is 10.5 Å². The van der Waals surface area contributed by atoms with Crippen LogP contribution in [0.5, 0.6) is 0 Å². The van der Waals surface area contributed by atoms with E-state index in [0.29, 0.717) is 43.0 Å². The first-order valence-corrected chi connectivity index (χ1v) is 13.8. The smallest absolute Gasteiger partial charge is 0.249 e. The van der Waals surface area contributed by atoms with Gasteiger partial charge in [-0.05, 0) is 112 Å². The molecule has 0 unspecified atom stereocenters. The number of nitrogens with one attached hydrogen (secondary N) is 1. The van der Waals surface area contributed by atoms with Gasteiger partial charge in [0.1, 0.15) is 17.2 Å². The van der Waals surface area contributed by atoms with E-state index < -0.39 is 17.3 Å². The third-order valence-corrected chi connectivity index (χ3v) is 8.54. The second-order valence-electron chi connectivity index (χ2n) is 11.1. The number of nitrogens with zero attached hydrogens (tertiary/aromatic N) is 2. The van der Waals surface area contributed by atoms with Crippen molar-refractivity contribution in [2.75, 3.05) is 24.6 Å². The molecule has 8 nitrogen and oxygen atoms in total. The molecule has 208 valence electrons. The summed E-state index contributed by atoms with van der Waals surface area (Å²) in [6, 6.07) is 11.0. The normalized spacial score (nSPS) is 23.3. The molecule has 5 rings (SSSR count). The second kappa shape index (κ2) is 11.5. The lowest BCUT2D eigenvalue weighted by atomic mass is 9.75. The van der Waals surface area contributed by atoms with Gasteiger partial charge in [-0.25, -0.2) is 9.40 Å². The van der Waals surface area contributed by atoms with Gasteiger partial charge in [0.05, 0.1) is 11.9 Å². The van der Waals surface area contributed by atoms with Crippen molar-refractivity contribution in [2.45, 2.75) is 63.4 Å². The summed E-state index contributed by atoms with van der Waals surface area (Å²) in [5.41, 5.74) is 10.0. The van der Waals surface area contributed by atoms with Crippen molar-refractivity contribution in [3.63, 3.8) is 0 Å². The molecule has 0 bridgehead atoms. The number of primary amides is 1. The number of benzene rings is 2. The van der Waals surface area contributed by atoms with E-state index in [1.807, 2.05) is 30.3 Å². The fourth-order valence-corrected chi connectivity index (χ4v) is 6.23. The van der Waals surface area contributed by atoms with Crippen molar-refractivity contribution >= 4 is 17.4 Å². The molecule has 9 heteroatoms. The van der Waals surface area contributed by atoms with Gasteiger partial charge in [-0.2, -0.15) is 0 Å². The number of hydrazine groups is 1. The van der Waals surface area contributed by atoms with Crippen LogP contribution in [0.15, 0.2) is 54.4 Å². The first kappa shape index (κ1) is 27.3. The number of hydrogen-bond donors (Lipinski definition) is 3. The highest BCUT2D eigenvalue weighted by Crippen LogP contribution is 2.42. The van der Waals surface area contributed by atoms with E-state index in [1.165, 1.54) is 24.3 Å². The van der Waals surface area contributed by atoms with E-state index in [-0.39, 0.29) is 11.7 Å². The summed E-state index contributed by atoms with van der Waals surface area (Å²) in [5.74, 6) is 0.423. The molecule has 2 aliphatic heterocycles. The number of nitrogens with two attached hydrogens (primary N) is 1. The van der Waals surface area contributed by atoms with E-state index >= 15 is 0 Å². The lowest BCUT2D eigenvalue weighted by Crippen LogP contribution is -2.49. The van der Waals surface area contributed by atoms with Crippen LogP contribution in [0.1, 0.15) is 84.1 Å². The molecule has 2 fully saturated rings. The van der Waals surface area contributed by atoms with Crippen LogP contribution in [0.25, 0.3) is 0 Å². The topological polar surface area (TPSA) is 108 Å². The van der Waals surface area contributed by atoms with E-state index in [0.717, 1.165) is 55.7 Å². The van der Waals surface area contributed by atoms with Crippen molar-refractivity contribution in [1.29, 1.82) is 0 Å². The standard InChI is InChI=1S/C30H37FN4O4/c1-20-19-35(33-39-20)26-4-2-3-25(29(32)37)27(26)22-7-5-21(6-8-22)13-16-34-17-14-30(38,15-18-34)28(36)23-9-11-24(31)12-10-23/h2-4,9-12,19,21-22,33,38H,5-8,13-18H2,1H3,(H2,32,37). The summed E-state index contributed by atoms with van der Waals surface area (Å²) in [6.07, 6.45) is 7.77. The van der Waals surface area contributed by atoms with Crippen molar-refractivity contribution in [2.24, 2.45) is 11.7 Å². The number of rotatable bonds is 8. The summed E-state index contributed by atoms with van der Waals surface area (Å²) in [7, 11) is 0. The van der Waals surface area contributed by atoms with Crippen LogP contribution in [-0.4, -0.2) is 46.9 Å². The minimum atomic E-state index is -1.39. The molecule has 39 heavy (non-hydrogen) atoms. The Hall–Kier alpha value is -3.27. The first-order chi connectivity index (χ1) is 18.7. The van der Waals surface area contributed by atoms with Crippen molar-refractivity contribution < 1.29 is 23.9 Å². The molecule has 1 saturated heterocycles. The van der Waals surface area contributed by atoms with Gasteiger partial charge in [0, 0.05) is 24.2 Å². The van der Waals surface area contributed by atoms with Gasteiger partial charge in [0.2, 0.25) is 5.91 Å². The van der Waals surface area contributed by atoms with Crippen LogP contribution in [-0.2, 0) is 4.84 Å². The van der Waals surface area contributed by atoms with Crippen LogP contribution in [0, 0.1) is 11.7 Å². The molecule has 0 spiro atoms. The predicted octanol–water partition coefficient (Wildman–Crippen LogP) is 4.42. The summed E-state index contributed by atoms with van der Waals surface area (Å²) in [6.45, 7) is 4.11. The number of anilines is 1. The molecule has 0 aromatic heterocycles. The monoisotopic (exact) mass is 536 g/mol. The number of amides is 1. The van der Waals surface area contributed by atoms with Gasteiger partial charge in [-0.3, -0.25) is 9.59 Å². The minimum absolute atomic E-state index is 0.235. The quantitative estimate of drug-likeness (QED) is 0.429. The summed E-state index contributed by atoms with van der Waals surface area (Å²) < 4.78 is 13.2. The lowest BCUT2D eigenvalue weighted by Gasteiger charge is -2.38. The fraction of sp³-hybridized carbons (Fsp3) is 0.467.